The molecule has 0 aromatic heterocycles. The Morgan fingerprint density at radius 1 is 1.05 bits per heavy atom. The molecule has 0 amide bonds. The second-order valence-electron chi connectivity index (χ2n) is 9.65. The number of hydrogen-bond acceptors (Lipinski definition) is 9. The number of phosphoric acid groups is 1. The molecule has 10 nitrogen and oxygen atoms in total. The van der Waals surface area contributed by atoms with Crippen LogP contribution in [0.15, 0.2) is 63.8 Å². The zero-order valence-corrected chi connectivity index (χ0v) is 22.4. The van der Waals surface area contributed by atoms with Crippen LogP contribution in [0.2, 0.25) is 0 Å². The van der Waals surface area contributed by atoms with Crippen molar-refractivity contribution in [2.45, 2.75) is 0 Å². The summed E-state index contributed by atoms with van der Waals surface area (Å²) in [6.07, 6.45) is 0. The van der Waals surface area contributed by atoms with Gasteiger partial charge in [0.15, 0.2) is 5.43 Å². The lowest BCUT2D eigenvalue weighted by Gasteiger charge is -2.29. The van der Waals surface area contributed by atoms with E-state index in [0.717, 1.165) is 11.0 Å². The Hall–Kier alpha value is -3.60. The maximum Gasteiger partial charge on any atom is 0.182 e. The predicted molar refractivity (Wildman–Crippen MR) is 140 cm³/mol. The van der Waals surface area contributed by atoms with Crippen LogP contribution in [-0.2, 0) is 4.57 Å². The molecule has 2 aromatic carbocycles. The van der Waals surface area contributed by atoms with Crippen molar-refractivity contribution >= 4 is 42.0 Å². The Labute approximate surface area is 223 Å². The number of carboxylic acids is 1. The molecule has 12 heteroatoms. The van der Waals surface area contributed by atoms with Gasteiger partial charge in [-0.1, -0.05) is 24.4 Å². The van der Waals surface area contributed by atoms with E-state index >= 15 is 0 Å². The average molecular weight is 555 g/mol. The molecule has 0 unspecified atom stereocenters. The van der Waals surface area contributed by atoms with Crippen molar-refractivity contribution in [3.63, 3.8) is 0 Å². The highest BCUT2D eigenvalue weighted by Crippen LogP contribution is 2.43. The Balaban J connectivity index is 1.93. The molecule has 2 aliphatic rings. The number of phosphoric ester groups is 1. The van der Waals surface area contributed by atoms with Crippen LogP contribution in [-0.4, -0.2) is 49.7 Å². The van der Waals surface area contributed by atoms with Gasteiger partial charge in [-0.25, -0.2) is 0 Å². The van der Waals surface area contributed by atoms with E-state index in [1.807, 2.05) is 21.1 Å². The summed E-state index contributed by atoms with van der Waals surface area (Å²) in [5.74, 6) is -1.62. The number of benzene rings is 3. The number of rotatable bonds is 8. The molecule has 0 radical (unpaired) electrons. The molecule has 0 bridgehead atoms. The molecule has 0 saturated heterocycles. The molecular formula is C26H23N2O8PS-2. The number of carbonyl (C=O) groups is 1. The van der Waals surface area contributed by atoms with Crippen LogP contribution in [0, 0.1) is 0 Å². The lowest BCUT2D eigenvalue weighted by Crippen LogP contribution is -2.41. The number of aromatic carboxylic acids is 1. The highest BCUT2D eigenvalue weighted by molar-refractivity contribution is 7.80. The Kier molecular flexibility index (Phi) is 7.42. The standard InChI is InChI=1S/C26H25N2O8PS/c1-28(2,3)11-10-27-25(38)15-4-7-18(26(30)31)21(12-15)24-19-8-5-16(29)13-22(19)35-23-14-17(6-9-20(23)24)36-37(32,33)34/h4-9,12-14H,10-11H2,1-3H3,(H3-,27,30,31,32,33,34,38)/p-2. The van der Waals surface area contributed by atoms with Gasteiger partial charge in [0.1, 0.15) is 29.9 Å². The Morgan fingerprint density at radius 2 is 1.79 bits per heavy atom. The first kappa shape index (κ1) is 27.4. The monoisotopic (exact) mass is 554 g/mol. The van der Waals surface area contributed by atoms with E-state index < -0.39 is 13.8 Å². The minimum atomic E-state index is -5.35. The lowest BCUT2D eigenvalue weighted by molar-refractivity contribution is -0.869. The maximum atomic E-state index is 12.1. The van der Waals surface area contributed by atoms with E-state index in [2.05, 4.69) is 9.84 Å². The normalized spacial score (nSPS) is 12.0. The first-order valence-corrected chi connectivity index (χ1v) is 13.3. The van der Waals surface area contributed by atoms with Gasteiger partial charge >= 0.3 is 0 Å². The summed E-state index contributed by atoms with van der Waals surface area (Å²) in [6, 6.07) is 12.5. The Bertz CT molecular complexity index is 1640. The number of nitrogens with zero attached hydrogens (tertiary/aromatic N) is 1. The van der Waals surface area contributed by atoms with Crippen molar-refractivity contribution in [3.8, 4) is 28.2 Å². The summed E-state index contributed by atoms with van der Waals surface area (Å²) >= 11 is 5.56. The van der Waals surface area contributed by atoms with Crippen LogP contribution in [0.4, 0.5) is 0 Å². The van der Waals surface area contributed by atoms with E-state index in [4.69, 9.17) is 16.6 Å². The smallest absolute Gasteiger partial charge is 0.182 e. The largest absolute Gasteiger partial charge is 0.780 e. The fourth-order valence-electron chi connectivity index (χ4n) is 4.00. The van der Waals surface area contributed by atoms with Crippen LogP contribution in [0.25, 0.3) is 33.4 Å². The quantitative estimate of drug-likeness (QED) is 0.145. The van der Waals surface area contributed by atoms with Crippen LogP contribution in [0.3, 0.4) is 0 Å². The number of carboxylic acid groups (broad SMARTS) is 1. The minimum absolute atomic E-state index is 0.0578. The summed E-state index contributed by atoms with van der Waals surface area (Å²) in [7, 11) is 0.789. The van der Waals surface area contributed by atoms with Gasteiger partial charge in [-0.2, -0.15) is 0 Å². The fraction of sp³-hybridized carbons (Fsp3) is 0.192. The van der Waals surface area contributed by atoms with E-state index in [1.165, 1.54) is 42.5 Å². The highest BCUT2D eigenvalue weighted by Gasteiger charge is 2.21. The van der Waals surface area contributed by atoms with E-state index in [-0.39, 0.29) is 33.6 Å². The van der Waals surface area contributed by atoms with Crippen molar-refractivity contribution in [3.05, 3.63) is 75.9 Å². The third kappa shape index (κ3) is 6.27. The molecule has 198 valence electrons. The number of carbonyl (C=O) groups excluding carboxylic acids is 1. The summed E-state index contributed by atoms with van der Waals surface area (Å²) in [6.45, 7) is 1.38. The molecule has 38 heavy (non-hydrogen) atoms. The molecule has 2 aromatic rings. The SMILES string of the molecule is C[N+](C)(C)CCNC(=S)c1ccc(C(=O)[O-])c(-c2c3ccc(=O)cc-3oc3cc(OP(=O)([O-])[O-])ccc23)c1. The van der Waals surface area contributed by atoms with Crippen molar-refractivity contribution < 1.29 is 37.7 Å². The van der Waals surface area contributed by atoms with Gasteiger partial charge in [0.2, 0.25) is 0 Å². The van der Waals surface area contributed by atoms with Crippen molar-refractivity contribution in [2.24, 2.45) is 0 Å². The molecule has 4 rings (SSSR count). The molecule has 1 aliphatic heterocycles. The lowest BCUT2D eigenvalue weighted by atomic mass is 9.89. The van der Waals surface area contributed by atoms with Crippen molar-refractivity contribution in [1.29, 1.82) is 0 Å². The number of nitrogens with one attached hydrogen (secondary N) is 1. The van der Waals surface area contributed by atoms with Crippen LogP contribution in [0.5, 0.6) is 5.75 Å². The molecular weight excluding hydrogens is 531 g/mol. The van der Waals surface area contributed by atoms with Crippen LogP contribution >= 0.6 is 20.0 Å². The van der Waals surface area contributed by atoms with Crippen LogP contribution in [0.1, 0.15) is 15.9 Å². The maximum absolute atomic E-state index is 12.1. The highest BCUT2D eigenvalue weighted by atomic mass is 32.1. The summed E-state index contributed by atoms with van der Waals surface area (Å²) < 4.78 is 22.1. The van der Waals surface area contributed by atoms with E-state index in [9.17, 15) is 29.0 Å². The predicted octanol–water partition coefficient (Wildman–Crippen LogP) is 1.11. The molecule has 1 aliphatic carbocycles. The molecule has 0 atom stereocenters. The third-order valence-electron chi connectivity index (χ3n) is 5.72. The number of quaternary nitrogens is 1. The van der Waals surface area contributed by atoms with Gasteiger partial charge in [-0.05, 0) is 35.9 Å². The van der Waals surface area contributed by atoms with Crippen LogP contribution < -0.4 is 30.2 Å². The summed E-state index contributed by atoms with van der Waals surface area (Å²) in [5.41, 5.74) is 1.17. The molecule has 0 saturated carbocycles. The topological polar surface area (TPSA) is 155 Å². The number of hydrogen-bond donors (Lipinski definition) is 1. The zero-order chi connectivity index (χ0) is 27.8. The molecule has 0 spiro atoms. The summed E-state index contributed by atoms with van der Waals surface area (Å²) in [5, 5.41) is 15.7. The first-order valence-electron chi connectivity index (χ1n) is 11.4. The van der Waals surface area contributed by atoms with Crippen molar-refractivity contribution in [1.82, 2.24) is 5.32 Å². The zero-order valence-electron chi connectivity index (χ0n) is 20.7. The molecule has 0 fully saturated rings. The van der Waals surface area contributed by atoms with Crippen molar-refractivity contribution in [2.75, 3.05) is 34.2 Å². The van der Waals surface area contributed by atoms with Gasteiger partial charge in [0, 0.05) is 39.8 Å². The number of thiocarbonyl (C=S) groups is 1. The fourth-order valence-corrected chi connectivity index (χ4v) is 4.60. The van der Waals surface area contributed by atoms with Gasteiger partial charge in [0.05, 0.1) is 40.2 Å². The van der Waals surface area contributed by atoms with E-state index in [1.54, 1.807) is 12.1 Å². The second kappa shape index (κ2) is 10.3. The third-order valence-corrected chi connectivity index (χ3v) is 6.54. The Morgan fingerprint density at radius 3 is 2.45 bits per heavy atom. The second-order valence-corrected chi connectivity index (χ2v) is 11.1. The summed E-state index contributed by atoms with van der Waals surface area (Å²) in [4.78, 5) is 46.9. The van der Waals surface area contributed by atoms with Gasteiger partial charge in [0.25, 0.3) is 0 Å². The average Bonchev–Trinajstić information content (AvgIpc) is 2.80. The molecule has 1 N–H and O–H groups in total. The molecule has 1 heterocycles. The van der Waals surface area contributed by atoms with E-state index in [0.29, 0.717) is 33.6 Å². The number of fused-ring (bicyclic) bond motifs is 2. The number of likely N-dealkylation sites (N-methyl/N-ethyl adjacent to an activating group) is 1. The van der Waals surface area contributed by atoms with Gasteiger partial charge in [-0.15, -0.1) is 0 Å². The minimum Gasteiger partial charge on any atom is -0.780 e. The first-order chi connectivity index (χ1) is 17.7. The van der Waals surface area contributed by atoms with Gasteiger partial charge < -0.3 is 43.0 Å². The van der Waals surface area contributed by atoms with Gasteiger partial charge in [-0.3, -0.25) is 4.79 Å².